The molecule has 0 radical (unpaired) electrons. The predicted octanol–water partition coefficient (Wildman–Crippen LogP) is 1.98. The summed E-state index contributed by atoms with van der Waals surface area (Å²) in [5.74, 6) is 0.293. The summed E-state index contributed by atoms with van der Waals surface area (Å²) >= 11 is 0. The van der Waals surface area contributed by atoms with Gasteiger partial charge < -0.3 is 9.47 Å². The van der Waals surface area contributed by atoms with E-state index in [0.29, 0.717) is 5.82 Å². The number of sulfone groups is 1. The van der Waals surface area contributed by atoms with E-state index in [1.165, 1.54) is 6.26 Å². The van der Waals surface area contributed by atoms with Gasteiger partial charge in [0.25, 0.3) is 0 Å². The maximum absolute atomic E-state index is 12.8. The highest BCUT2D eigenvalue weighted by molar-refractivity contribution is 7.89. The summed E-state index contributed by atoms with van der Waals surface area (Å²) in [5.41, 5.74) is 1.52. The highest BCUT2D eigenvalue weighted by atomic mass is 32.2. The number of aromatic nitrogens is 2. The molecule has 2 heterocycles. The van der Waals surface area contributed by atoms with Crippen molar-refractivity contribution in [3.8, 4) is 0 Å². The molecule has 0 aliphatic carbocycles. The normalized spacial score (nSPS) is 18.9. The molecule has 3 rings (SSSR count). The Balaban J connectivity index is 1.94. The molecule has 130 valence electrons. The number of carbonyl (C=O) groups excluding carboxylic acids is 1. The van der Waals surface area contributed by atoms with Gasteiger partial charge in [-0.25, -0.2) is 13.4 Å². The first-order valence-electron chi connectivity index (χ1n) is 8.26. The topological polar surface area (TPSA) is 72.3 Å². The fourth-order valence-corrected chi connectivity index (χ4v) is 4.03. The van der Waals surface area contributed by atoms with Gasteiger partial charge in [-0.15, -0.1) is 0 Å². The Kier molecular flexibility index (Phi) is 4.62. The monoisotopic (exact) mass is 349 g/mol. The minimum Gasteiger partial charge on any atom is -0.338 e. The molecule has 24 heavy (non-hydrogen) atoms. The van der Waals surface area contributed by atoms with Gasteiger partial charge in [-0.3, -0.25) is 4.79 Å². The van der Waals surface area contributed by atoms with E-state index >= 15 is 0 Å². The molecule has 1 aliphatic heterocycles. The third kappa shape index (κ3) is 3.61. The number of rotatable bonds is 4. The molecule has 6 nitrogen and oxygen atoms in total. The lowest BCUT2D eigenvalue weighted by Gasteiger charge is -2.33. The van der Waals surface area contributed by atoms with Gasteiger partial charge in [0.2, 0.25) is 5.91 Å². The van der Waals surface area contributed by atoms with E-state index in [2.05, 4.69) is 11.9 Å². The number of piperidine rings is 1. The number of nitrogens with zero attached hydrogens (tertiary/aromatic N) is 3. The highest BCUT2D eigenvalue weighted by Gasteiger charge is 2.25. The fourth-order valence-electron chi connectivity index (χ4n) is 3.34. The van der Waals surface area contributed by atoms with E-state index in [1.807, 2.05) is 29.2 Å². The van der Waals surface area contributed by atoms with Gasteiger partial charge in [-0.2, -0.15) is 0 Å². The van der Waals surface area contributed by atoms with Crippen LogP contribution >= 0.6 is 0 Å². The van der Waals surface area contributed by atoms with Gasteiger partial charge in [0, 0.05) is 18.8 Å². The van der Waals surface area contributed by atoms with Gasteiger partial charge in [-0.1, -0.05) is 12.1 Å². The van der Waals surface area contributed by atoms with Crippen LogP contribution in [-0.2, 0) is 26.9 Å². The first-order chi connectivity index (χ1) is 11.3. The van der Waals surface area contributed by atoms with Gasteiger partial charge in [0.1, 0.15) is 18.1 Å². The van der Waals surface area contributed by atoms with Crippen molar-refractivity contribution in [2.24, 2.45) is 0 Å². The molecule has 1 aliphatic rings. The maximum Gasteiger partial charge on any atom is 0.242 e. The van der Waals surface area contributed by atoms with Crippen LogP contribution in [-0.4, -0.2) is 47.6 Å². The van der Waals surface area contributed by atoms with Crippen LogP contribution in [0.1, 0.15) is 32.0 Å². The summed E-state index contributed by atoms with van der Waals surface area (Å²) in [4.78, 5) is 19.1. The number of imidazole rings is 1. The number of benzene rings is 1. The number of fused-ring (bicyclic) bond motifs is 1. The SMILES string of the molecule is CC1CCCCN1C(=O)Cn1c(CS(C)(=O)=O)nc2ccccc21. The second-order valence-electron chi connectivity index (χ2n) is 6.60. The average Bonchev–Trinajstić information content (AvgIpc) is 2.83. The molecule has 1 unspecified atom stereocenters. The molecule has 2 aromatic rings. The van der Waals surface area contributed by atoms with E-state index in [4.69, 9.17) is 0 Å². The van der Waals surface area contributed by atoms with Crippen molar-refractivity contribution in [1.29, 1.82) is 0 Å². The zero-order valence-electron chi connectivity index (χ0n) is 14.1. The molecular weight excluding hydrogens is 326 g/mol. The van der Waals surface area contributed by atoms with Gasteiger partial charge in [-0.05, 0) is 38.3 Å². The first-order valence-corrected chi connectivity index (χ1v) is 10.3. The summed E-state index contributed by atoms with van der Waals surface area (Å²) in [6.07, 6.45) is 4.38. The van der Waals surface area contributed by atoms with Gasteiger partial charge >= 0.3 is 0 Å². The van der Waals surface area contributed by atoms with Crippen molar-refractivity contribution in [2.45, 2.75) is 44.5 Å². The number of likely N-dealkylation sites (tertiary alicyclic amines) is 1. The Hall–Kier alpha value is -1.89. The van der Waals surface area contributed by atoms with Gasteiger partial charge in [0.05, 0.1) is 11.0 Å². The van der Waals surface area contributed by atoms with E-state index in [9.17, 15) is 13.2 Å². The molecule has 1 amide bonds. The molecule has 0 bridgehead atoms. The third-order valence-corrected chi connectivity index (χ3v) is 5.32. The number of amides is 1. The molecule has 1 saturated heterocycles. The number of carbonyl (C=O) groups is 1. The zero-order chi connectivity index (χ0) is 17.3. The maximum atomic E-state index is 12.8. The van der Waals surface area contributed by atoms with Crippen molar-refractivity contribution in [3.63, 3.8) is 0 Å². The molecule has 0 spiro atoms. The zero-order valence-corrected chi connectivity index (χ0v) is 14.9. The quantitative estimate of drug-likeness (QED) is 0.846. The summed E-state index contributed by atoms with van der Waals surface area (Å²) < 4.78 is 25.2. The Morgan fingerprint density at radius 3 is 2.75 bits per heavy atom. The highest BCUT2D eigenvalue weighted by Crippen LogP contribution is 2.20. The van der Waals surface area contributed by atoms with E-state index in [1.54, 1.807) is 4.57 Å². The Morgan fingerprint density at radius 2 is 2.04 bits per heavy atom. The summed E-state index contributed by atoms with van der Waals surface area (Å²) in [5, 5.41) is 0. The van der Waals surface area contributed by atoms with Crippen LogP contribution in [0, 0.1) is 0 Å². The second-order valence-corrected chi connectivity index (χ2v) is 8.75. The summed E-state index contributed by atoms with van der Waals surface area (Å²) in [6.45, 7) is 2.98. The number of hydrogen-bond acceptors (Lipinski definition) is 4. The van der Waals surface area contributed by atoms with Crippen LogP contribution in [0.15, 0.2) is 24.3 Å². The number of para-hydroxylation sites is 2. The van der Waals surface area contributed by atoms with Crippen LogP contribution in [0.4, 0.5) is 0 Å². The van der Waals surface area contributed by atoms with Crippen molar-refractivity contribution in [2.75, 3.05) is 12.8 Å². The van der Waals surface area contributed by atoms with Crippen molar-refractivity contribution in [1.82, 2.24) is 14.5 Å². The van der Waals surface area contributed by atoms with E-state index < -0.39 is 9.84 Å². The van der Waals surface area contributed by atoms with Crippen molar-refractivity contribution >= 4 is 26.8 Å². The smallest absolute Gasteiger partial charge is 0.242 e. The molecular formula is C17H23N3O3S. The number of hydrogen-bond donors (Lipinski definition) is 0. The van der Waals surface area contributed by atoms with E-state index in [-0.39, 0.29) is 24.2 Å². The molecule has 1 aromatic heterocycles. The molecule has 1 fully saturated rings. The Labute approximate surface area is 142 Å². The lowest BCUT2D eigenvalue weighted by atomic mass is 10.0. The van der Waals surface area contributed by atoms with Crippen LogP contribution in [0.3, 0.4) is 0 Å². The van der Waals surface area contributed by atoms with E-state index in [0.717, 1.165) is 36.8 Å². The van der Waals surface area contributed by atoms with Crippen LogP contribution in [0.2, 0.25) is 0 Å². The van der Waals surface area contributed by atoms with Gasteiger partial charge in [0.15, 0.2) is 9.84 Å². The molecule has 0 N–H and O–H groups in total. The summed E-state index contributed by atoms with van der Waals surface area (Å²) in [6, 6.07) is 7.68. The second kappa shape index (κ2) is 6.55. The molecule has 1 aromatic carbocycles. The standard InChI is InChI=1S/C17H23N3O3S/c1-13-7-5-6-10-19(13)17(21)11-20-15-9-4-3-8-14(15)18-16(20)12-24(2,22)23/h3-4,8-9,13H,5-7,10-12H2,1-2H3. The van der Waals surface area contributed by atoms with Crippen LogP contribution in [0.25, 0.3) is 11.0 Å². The lowest BCUT2D eigenvalue weighted by molar-refractivity contribution is -0.135. The summed E-state index contributed by atoms with van der Waals surface area (Å²) in [7, 11) is -3.23. The minimum atomic E-state index is -3.23. The third-order valence-electron chi connectivity index (χ3n) is 4.54. The lowest BCUT2D eigenvalue weighted by Crippen LogP contribution is -2.43. The average molecular weight is 349 g/mol. The fraction of sp³-hybridized carbons (Fsp3) is 0.529. The minimum absolute atomic E-state index is 0.0279. The molecule has 0 saturated carbocycles. The Bertz CT molecular complexity index is 857. The predicted molar refractivity (Wildman–Crippen MR) is 93.3 cm³/mol. The Morgan fingerprint density at radius 1 is 1.29 bits per heavy atom. The van der Waals surface area contributed by atoms with Crippen molar-refractivity contribution < 1.29 is 13.2 Å². The first kappa shape index (κ1) is 17.0. The molecule has 1 atom stereocenters. The molecule has 7 heteroatoms. The van der Waals surface area contributed by atoms with Crippen molar-refractivity contribution in [3.05, 3.63) is 30.1 Å². The largest absolute Gasteiger partial charge is 0.338 e. The van der Waals surface area contributed by atoms with Crippen LogP contribution < -0.4 is 0 Å². The van der Waals surface area contributed by atoms with Crippen LogP contribution in [0.5, 0.6) is 0 Å².